The standard InChI is InChI=1S/C24H19ClFN5O2/c1-14-11-28-8-7-20(14)30-24-21(33-13-15-3-2-4-16(9-15)22(27)32)12-29-23(31-24)18-10-17(25)5-6-19(18)26/h2-12H,13H2,1H3,(H2,27,32)(H,28,29,30,31). The lowest BCUT2D eigenvalue weighted by atomic mass is 10.1. The minimum absolute atomic E-state index is 0.138. The zero-order valence-corrected chi connectivity index (χ0v) is 18.3. The number of carbonyl (C=O) groups excluding carboxylic acids is 1. The summed E-state index contributed by atoms with van der Waals surface area (Å²) in [7, 11) is 0. The Morgan fingerprint density at radius 1 is 1.18 bits per heavy atom. The van der Waals surface area contributed by atoms with Gasteiger partial charge in [-0.15, -0.1) is 0 Å². The summed E-state index contributed by atoms with van der Waals surface area (Å²) in [6.07, 6.45) is 4.81. The van der Waals surface area contributed by atoms with Gasteiger partial charge >= 0.3 is 0 Å². The lowest BCUT2D eigenvalue weighted by Crippen LogP contribution is -2.11. The number of benzene rings is 2. The van der Waals surface area contributed by atoms with Crippen LogP contribution in [0, 0.1) is 12.7 Å². The van der Waals surface area contributed by atoms with Crippen molar-refractivity contribution < 1.29 is 13.9 Å². The van der Waals surface area contributed by atoms with Crippen molar-refractivity contribution in [1.29, 1.82) is 0 Å². The van der Waals surface area contributed by atoms with Gasteiger partial charge < -0.3 is 15.8 Å². The zero-order chi connectivity index (χ0) is 23.4. The molecule has 9 heteroatoms. The first-order chi connectivity index (χ1) is 15.9. The first kappa shape index (κ1) is 22.2. The van der Waals surface area contributed by atoms with Gasteiger partial charge in [0.15, 0.2) is 17.4 Å². The van der Waals surface area contributed by atoms with Crippen LogP contribution in [0.5, 0.6) is 5.75 Å². The molecule has 7 nitrogen and oxygen atoms in total. The largest absolute Gasteiger partial charge is 0.483 e. The molecule has 0 aliphatic rings. The van der Waals surface area contributed by atoms with Crippen LogP contribution in [0.15, 0.2) is 67.1 Å². The molecule has 0 radical (unpaired) electrons. The molecule has 2 heterocycles. The average molecular weight is 464 g/mol. The van der Waals surface area contributed by atoms with E-state index in [4.69, 9.17) is 22.1 Å². The first-order valence-corrected chi connectivity index (χ1v) is 10.3. The zero-order valence-electron chi connectivity index (χ0n) is 17.5. The monoisotopic (exact) mass is 463 g/mol. The second-order valence-electron chi connectivity index (χ2n) is 7.20. The van der Waals surface area contributed by atoms with Crippen LogP contribution in [0.3, 0.4) is 0 Å². The SMILES string of the molecule is Cc1cnccc1Nc1nc(-c2cc(Cl)ccc2F)ncc1OCc1cccc(C(N)=O)c1. The van der Waals surface area contributed by atoms with Crippen molar-refractivity contribution in [2.45, 2.75) is 13.5 Å². The van der Waals surface area contributed by atoms with Gasteiger partial charge in [-0.1, -0.05) is 23.7 Å². The average Bonchev–Trinajstić information content (AvgIpc) is 2.81. The van der Waals surface area contributed by atoms with Gasteiger partial charge in [0.1, 0.15) is 12.4 Å². The topological polar surface area (TPSA) is 103 Å². The van der Waals surface area contributed by atoms with Gasteiger partial charge in [-0.05, 0) is 54.4 Å². The normalized spacial score (nSPS) is 10.6. The molecule has 0 saturated carbocycles. The number of aromatic nitrogens is 3. The summed E-state index contributed by atoms with van der Waals surface area (Å²) in [5.74, 6) is -0.208. The molecule has 2 aromatic heterocycles. The molecule has 1 amide bonds. The van der Waals surface area contributed by atoms with Gasteiger partial charge in [0.25, 0.3) is 0 Å². The predicted molar refractivity (Wildman–Crippen MR) is 124 cm³/mol. The van der Waals surface area contributed by atoms with Gasteiger partial charge in [0.05, 0.1) is 11.8 Å². The third-order valence-corrected chi connectivity index (χ3v) is 5.04. The highest BCUT2D eigenvalue weighted by Gasteiger charge is 2.15. The Morgan fingerprint density at radius 3 is 2.82 bits per heavy atom. The van der Waals surface area contributed by atoms with E-state index in [1.807, 2.05) is 13.0 Å². The van der Waals surface area contributed by atoms with Crippen LogP contribution in [0.1, 0.15) is 21.5 Å². The van der Waals surface area contributed by atoms with Crippen molar-refractivity contribution in [3.05, 3.63) is 94.7 Å². The number of amides is 1. The summed E-state index contributed by atoms with van der Waals surface area (Å²) >= 11 is 6.04. The third-order valence-electron chi connectivity index (χ3n) is 4.80. The van der Waals surface area contributed by atoms with Crippen molar-refractivity contribution in [2.24, 2.45) is 5.73 Å². The summed E-state index contributed by atoms with van der Waals surface area (Å²) in [6.45, 7) is 2.03. The van der Waals surface area contributed by atoms with E-state index in [0.29, 0.717) is 22.2 Å². The summed E-state index contributed by atoms with van der Waals surface area (Å²) in [5.41, 5.74) is 8.27. The number of aryl methyl sites for hydroxylation is 1. The summed E-state index contributed by atoms with van der Waals surface area (Å²) in [4.78, 5) is 24.3. The lowest BCUT2D eigenvalue weighted by Gasteiger charge is -2.15. The molecular weight excluding hydrogens is 445 g/mol. The maximum absolute atomic E-state index is 14.4. The second-order valence-corrected chi connectivity index (χ2v) is 7.64. The number of hydrogen-bond donors (Lipinski definition) is 2. The van der Waals surface area contributed by atoms with E-state index in [2.05, 4.69) is 20.3 Å². The first-order valence-electron chi connectivity index (χ1n) is 9.92. The molecule has 0 saturated heterocycles. The van der Waals surface area contributed by atoms with E-state index in [9.17, 15) is 9.18 Å². The number of nitrogens with two attached hydrogens (primary N) is 1. The molecule has 4 rings (SSSR count). The molecule has 33 heavy (non-hydrogen) atoms. The van der Waals surface area contributed by atoms with E-state index in [0.717, 1.165) is 16.8 Å². The smallest absolute Gasteiger partial charge is 0.248 e. The van der Waals surface area contributed by atoms with E-state index in [1.54, 1.807) is 36.7 Å². The van der Waals surface area contributed by atoms with E-state index >= 15 is 0 Å². The Hall–Kier alpha value is -4.04. The Morgan fingerprint density at radius 2 is 2.03 bits per heavy atom. The molecule has 0 bridgehead atoms. The second kappa shape index (κ2) is 9.62. The van der Waals surface area contributed by atoms with E-state index in [1.165, 1.54) is 24.4 Å². The fourth-order valence-electron chi connectivity index (χ4n) is 3.08. The van der Waals surface area contributed by atoms with Crippen molar-refractivity contribution in [3.8, 4) is 17.1 Å². The van der Waals surface area contributed by atoms with Crippen LogP contribution >= 0.6 is 11.6 Å². The molecule has 0 fully saturated rings. The van der Waals surface area contributed by atoms with E-state index < -0.39 is 11.7 Å². The number of halogens is 2. The predicted octanol–water partition coefficient (Wildman–Crippen LogP) is 5.06. The number of rotatable bonds is 7. The van der Waals surface area contributed by atoms with Crippen molar-refractivity contribution >= 4 is 29.0 Å². The van der Waals surface area contributed by atoms with Gasteiger partial charge in [-0.25, -0.2) is 14.4 Å². The Bertz CT molecular complexity index is 1330. The summed E-state index contributed by atoms with van der Waals surface area (Å²) in [6, 6.07) is 12.8. The fraction of sp³-hybridized carbons (Fsp3) is 0.0833. The van der Waals surface area contributed by atoms with Crippen LogP contribution in [0.2, 0.25) is 5.02 Å². The molecule has 0 atom stereocenters. The van der Waals surface area contributed by atoms with Gasteiger partial charge in [0.2, 0.25) is 5.91 Å². The van der Waals surface area contributed by atoms with Crippen LogP contribution in [-0.4, -0.2) is 20.9 Å². The van der Waals surface area contributed by atoms with Crippen molar-refractivity contribution in [2.75, 3.05) is 5.32 Å². The molecule has 0 unspecified atom stereocenters. The number of anilines is 2. The minimum Gasteiger partial charge on any atom is -0.483 e. The number of primary amides is 1. The summed E-state index contributed by atoms with van der Waals surface area (Å²) < 4.78 is 20.4. The van der Waals surface area contributed by atoms with Gasteiger partial charge in [0, 0.05) is 28.7 Å². The highest BCUT2D eigenvalue weighted by Crippen LogP contribution is 2.31. The quantitative estimate of drug-likeness (QED) is 0.397. The van der Waals surface area contributed by atoms with Crippen molar-refractivity contribution in [1.82, 2.24) is 15.0 Å². The van der Waals surface area contributed by atoms with Gasteiger partial charge in [-0.2, -0.15) is 0 Å². The van der Waals surface area contributed by atoms with E-state index in [-0.39, 0.29) is 18.0 Å². The highest BCUT2D eigenvalue weighted by molar-refractivity contribution is 6.30. The molecule has 0 aliphatic carbocycles. The third kappa shape index (κ3) is 5.24. The van der Waals surface area contributed by atoms with Crippen LogP contribution in [0.25, 0.3) is 11.4 Å². The van der Waals surface area contributed by atoms with Crippen LogP contribution in [0.4, 0.5) is 15.9 Å². The Balaban J connectivity index is 1.69. The number of nitrogens with zero attached hydrogens (tertiary/aromatic N) is 3. The van der Waals surface area contributed by atoms with Crippen LogP contribution < -0.4 is 15.8 Å². The molecule has 0 aliphatic heterocycles. The number of ether oxygens (including phenoxy) is 1. The molecule has 4 aromatic rings. The lowest BCUT2D eigenvalue weighted by molar-refractivity contribution is 0.1000. The summed E-state index contributed by atoms with van der Waals surface area (Å²) in [5, 5.41) is 3.57. The highest BCUT2D eigenvalue weighted by atomic mass is 35.5. The molecule has 2 aromatic carbocycles. The number of carbonyl (C=O) groups is 1. The van der Waals surface area contributed by atoms with Crippen molar-refractivity contribution in [3.63, 3.8) is 0 Å². The number of nitrogens with one attached hydrogen (secondary N) is 1. The minimum atomic E-state index is -0.524. The Labute approximate surface area is 194 Å². The molecule has 0 spiro atoms. The molecular formula is C24H19ClFN5O2. The molecule has 3 N–H and O–H groups in total. The van der Waals surface area contributed by atoms with Gasteiger partial charge in [-0.3, -0.25) is 9.78 Å². The number of pyridine rings is 1. The maximum atomic E-state index is 14.4. The number of hydrogen-bond acceptors (Lipinski definition) is 6. The van der Waals surface area contributed by atoms with Crippen LogP contribution in [-0.2, 0) is 6.61 Å². The molecule has 166 valence electrons. The maximum Gasteiger partial charge on any atom is 0.248 e. The Kier molecular flexibility index (Phi) is 6.46. The fourth-order valence-corrected chi connectivity index (χ4v) is 3.25.